The van der Waals surface area contributed by atoms with E-state index in [4.69, 9.17) is 44.6 Å². The summed E-state index contributed by atoms with van der Waals surface area (Å²) < 4.78 is 144. The normalized spacial score (nSPS) is 14.2. The van der Waals surface area contributed by atoms with Gasteiger partial charge in [-0.05, 0) is 52.7 Å². The molecule has 0 amide bonds. The fourth-order valence-corrected chi connectivity index (χ4v) is 4.07. The number of hydrogen-bond acceptors (Lipinski definition) is 9. The first kappa shape index (κ1) is 48.0. The van der Waals surface area contributed by atoms with E-state index in [0.717, 1.165) is 21.9 Å². The number of aryl methyl sites for hydroxylation is 1. The largest absolute Gasteiger partial charge is 0.741 e. The number of alkyl halides is 6. The Bertz CT molecular complexity index is 2530. The molecule has 58 heavy (non-hydrogen) atoms. The molecule has 0 radical (unpaired) electrons. The predicted molar refractivity (Wildman–Crippen MR) is 196 cm³/mol. The Hall–Kier alpha value is -6.19. The number of allylic oxidation sites excluding steroid dienone is 5. The van der Waals surface area contributed by atoms with Crippen LogP contribution in [0.2, 0.25) is 0 Å². The number of ether oxygens (including phenoxy) is 3. The summed E-state index contributed by atoms with van der Waals surface area (Å²) in [6, 6.07) is 11.8. The Morgan fingerprint density at radius 2 is 1.29 bits per heavy atom. The van der Waals surface area contributed by atoms with Gasteiger partial charge < -0.3 is 23.3 Å². The van der Waals surface area contributed by atoms with Crippen LogP contribution in [0, 0.1) is 30.4 Å². The van der Waals surface area contributed by atoms with Crippen LogP contribution in [-0.4, -0.2) is 71.2 Å². The minimum Gasteiger partial charge on any atom is -0.741 e. The molecular formula is C38H33F6N2O10S2+. The van der Waals surface area contributed by atoms with Crippen molar-refractivity contribution in [2.45, 2.75) is 11.0 Å². The molecule has 0 fully saturated rings. The smallest absolute Gasteiger partial charge is 0.485 e. The molecule has 2 heterocycles. The average Bonchev–Trinajstić information content (AvgIpc) is 3.14. The second kappa shape index (κ2) is 20.8. The molecule has 1 aliphatic carbocycles. The lowest BCUT2D eigenvalue weighted by Gasteiger charge is -2.10. The van der Waals surface area contributed by atoms with Crippen LogP contribution < -0.4 is 23.5 Å². The van der Waals surface area contributed by atoms with Crippen molar-refractivity contribution in [3.8, 4) is 35.2 Å². The van der Waals surface area contributed by atoms with E-state index < -0.39 is 31.3 Å². The van der Waals surface area contributed by atoms with Gasteiger partial charge in [-0.25, -0.2) is 21.4 Å². The van der Waals surface area contributed by atoms with E-state index in [9.17, 15) is 26.3 Å². The Labute approximate surface area is 329 Å². The van der Waals surface area contributed by atoms with Crippen molar-refractivity contribution in [3.63, 3.8) is 0 Å². The van der Waals surface area contributed by atoms with Crippen LogP contribution in [-0.2, 0) is 36.4 Å². The molecule has 2 aromatic heterocycles. The van der Waals surface area contributed by atoms with Gasteiger partial charge in [0, 0.05) is 35.9 Å². The lowest BCUT2D eigenvalue weighted by molar-refractivity contribution is -0.671. The van der Waals surface area contributed by atoms with E-state index in [1.165, 1.54) is 0 Å². The highest BCUT2D eigenvalue weighted by molar-refractivity contribution is 7.86. The third-order valence-corrected chi connectivity index (χ3v) is 8.09. The van der Waals surface area contributed by atoms with Gasteiger partial charge in [-0.1, -0.05) is 18.2 Å². The molecule has 1 aromatic carbocycles. The molecule has 1 aliphatic rings. The maximum Gasteiger partial charge on any atom is 0.485 e. The molecule has 0 saturated heterocycles. The molecule has 0 saturated carbocycles. The first-order valence-corrected chi connectivity index (χ1v) is 18.5. The Morgan fingerprint density at radius 1 is 0.759 bits per heavy atom. The molecule has 0 unspecified atom stereocenters. The summed E-state index contributed by atoms with van der Waals surface area (Å²) in [6.07, 6.45) is 19.5. The van der Waals surface area contributed by atoms with Crippen molar-refractivity contribution in [1.82, 2.24) is 0 Å². The van der Waals surface area contributed by atoms with E-state index in [1.807, 2.05) is 109 Å². The second-order valence-corrected chi connectivity index (χ2v) is 13.7. The lowest BCUT2D eigenvalue weighted by Crippen LogP contribution is -2.25. The molecule has 12 nitrogen and oxygen atoms in total. The summed E-state index contributed by atoms with van der Waals surface area (Å²) in [4.78, 5) is 0. The minimum atomic E-state index is -6.09. The number of aromatic nitrogens is 2. The molecule has 0 atom stereocenters. The topological polar surface area (TPSA) is 163 Å². The van der Waals surface area contributed by atoms with Gasteiger partial charge in [0.25, 0.3) is 7.11 Å². The van der Waals surface area contributed by atoms with Gasteiger partial charge in [0.05, 0.1) is 44.1 Å². The Morgan fingerprint density at radius 3 is 1.78 bits per heavy atom. The number of pyridine rings is 2. The van der Waals surface area contributed by atoms with Crippen molar-refractivity contribution in [2.75, 3.05) is 28.4 Å². The number of ketones is 1. The van der Waals surface area contributed by atoms with Gasteiger partial charge in [-0.2, -0.15) is 30.6 Å². The van der Waals surface area contributed by atoms with Crippen LogP contribution in [0.3, 0.4) is 0 Å². The fraction of sp³-hybridized carbons (Fsp3) is 0.184. The maximum absolute atomic E-state index is 10.7. The average molecular weight is 856 g/mol. The van der Waals surface area contributed by atoms with Gasteiger partial charge >= 0.3 is 16.8 Å². The van der Waals surface area contributed by atoms with Crippen molar-refractivity contribution >= 4 is 44.2 Å². The van der Waals surface area contributed by atoms with Crippen LogP contribution in [0.25, 0.3) is 18.2 Å². The SMILES string of the molecule is C=[n+]1ccc(=CC=C2C=C(OC)C(C#CC#Cc3cc(OC)c(/C=C/c4cc[n+](C)cc4)cc3OC)=CC2=[O+]C)cc1.O=S(=O)([O-])C(F)(F)F.O=S(=O)([O-])C(F)(F)F. The van der Waals surface area contributed by atoms with Gasteiger partial charge in [-0.15, -0.1) is 0 Å². The van der Waals surface area contributed by atoms with Crippen LogP contribution in [0.15, 0.2) is 96.3 Å². The summed E-state index contributed by atoms with van der Waals surface area (Å²) in [7, 11) is -3.71. The third-order valence-electron chi connectivity index (χ3n) is 6.96. The van der Waals surface area contributed by atoms with Crippen LogP contribution in [0.1, 0.15) is 16.7 Å². The summed E-state index contributed by atoms with van der Waals surface area (Å²) in [5.41, 5.74) is -7.14. The zero-order valence-corrected chi connectivity index (χ0v) is 32.6. The lowest BCUT2D eigenvalue weighted by atomic mass is 9.98. The number of rotatable bonds is 6. The number of hydrogen-bond donors (Lipinski definition) is 0. The first-order valence-electron chi connectivity index (χ1n) is 15.7. The number of halogens is 6. The van der Waals surface area contributed by atoms with Crippen LogP contribution in [0.5, 0.6) is 11.5 Å². The number of methoxy groups -OCH3 is 3. The second-order valence-electron chi connectivity index (χ2n) is 11.0. The predicted octanol–water partition coefficient (Wildman–Crippen LogP) is 3.70. The highest BCUT2D eigenvalue weighted by Gasteiger charge is 2.37. The van der Waals surface area contributed by atoms with E-state index in [-0.39, 0.29) is 0 Å². The summed E-state index contributed by atoms with van der Waals surface area (Å²) in [5.74, 6) is 14.6. The highest BCUT2D eigenvalue weighted by Crippen LogP contribution is 2.30. The van der Waals surface area contributed by atoms with E-state index in [1.54, 1.807) is 32.7 Å². The van der Waals surface area contributed by atoms with Crippen molar-refractivity contribution < 1.29 is 79.7 Å². The molecule has 0 spiro atoms. The summed E-state index contributed by atoms with van der Waals surface area (Å²) >= 11 is 0. The molecule has 0 bridgehead atoms. The minimum absolute atomic E-state index is 0.621. The van der Waals surface area contributed by atoms with E-state index in [2.05, 4.69) is 30.4 Å². The number of benzene rings is 1. The fourth-order valence-electron chi connectivity index (χ4n) is 4.07. The van der Waals surface area contributed by atoms with Gasteiger partial charge in [0.1, 0.15) is 31.0 Å². The Balaban J connectivity index is 0.000000608. The van der Waals surface area contributed by atoms with Gasteiger partial charge in [-0.3, -0.25) is 4.42 Å². The zero-order chi connectivity index (χ0) is 43.9. The molecule has 20 heteroatoms. The van der Waals surface area contributed by atoms with Crippen LogP contribution >= 0.6 is 0 Å². The van der Waals surface area contributed by atoms with E-state index >= 15 is 0 Å². The van der Waals surface area contributed by atoms with Gasteiger partial charge in [0.2, 0.25) is 0 Å². The van der Waals surface area contributed by atoms with E-state index in [0.29, 0.717) is 34.2 Å². The third kappa shape index (κ3) is 15.0. The quantitative estimate of drug-likeness (QED) is 0.0685. The molecule has 0 N–H and O–H groups in total. The first-order chi connectivity index (χ1) is 26.9. The number of carbonyl (C=O) groups excluding carboxylic acids is 1. The molecule has 4 rings (SSSR count). The molecule has 308 valence electrons. The van der Waals surface area contributed by atoms with Crippen molar-refractivity contribution in [2.24, 2.45) is 7.05 Å². The molecule has 0 aliphatic heterocycles. The number of nitrogens with zero attached hydrogens (tertiary/aromatic N) is 2. The highest BCUT2D eigenvalue weighted by atomic mass is 32.2. The standard InChI is InChI=1S/C36H33N2O4.2CHF3O3S/c1-37-19-15-27(16-20-37)11-13-31-25-33(39-3)29(23-35(31)41-5)9-7-8-10-30-24-36(42-6)32(26-34(30)40-4)14-12-28-17-21-38(2)22-18-28;2*2-1(3,4)8(5,6)7/h11-26H,1H2,2-6H3;2*(H,5,6,7)/q+3;;/p-2/b14-12+,31-13?;;. The summed E-state index contributed by atoms with van der Waals surface area (Å²) in [6.45, 7) is 3.84. The molecule has 3 aromatic rings. The van der Waals surface area contributed by atoms with Crippen LogP contribution in [0.4, 0.5) is 26.3 Å². The zero-order valence-electron chi connectivity index (χ0n) is 31.0. The van der Waals surface area contributed by atoms with Crippen molar-refractivity contribution in [1.29, 1.82) is 0 Å². The van der Waals surface area contributed by atoms with Crippen molar-refractivity contribution in [3.05, 3.63) is 125 Å². The monoisotopic (exact) mass is 855 g/mol. The molecular weight excluding hydrogens is 823 g/mol. The summed E-state index contributed by atoms with van der Waals surface area (Å²) in [5, 5.41) is 1.04. The maximum atomic E-state index is 10.7. The van der Waals surface area contributed by atoms with Gasteiger partial charge in [0.15, 0.2) is 45.0 Å². The Kier molecular flexibility index (Phi) is 17.2.